The molecule has 0 bridgehead atoms. The molecule has 4 aromatic rings. The Morgan fingerprint density at radius 2 is 1.50 bits per heavy atom. The Morgan fingerprint density at radius 3 is 2.17 bits per heavy atom. The summed E-state index contributed by atoms with van der Waals surface area (Å²) in [4.78, 5) is 0.0516. The number of phenols is 3. The number of aromatic hydroxyl groups is 3. The topological polar surface area (TPSA) is 255 Å². The number of nitrogens with one attached hydrogen (secondary N) is 1. The summed E-state index contributed by atoms with van der Waals surface area (Å²) >= 11 is 1.21. The van der Waals surface area contributed by atoms with E-state index in [4.69, 9.17) is 16.2 Å². The maximum atomic E-state index is 11.6. The molecule has 4 aromatic carbocycles. The van der Waals surface area contributed by atoms with Gasteiger partial charge in [0.2, 0.25) is 0 Å². The second-order valence-corrected chi connectivity index (χ2v) is 10.8. The molecule has 0 spiro atoms. The minimum absolute atomic E-state index is 0. The zero-order chi connectivity index (χ0) is 29.7. The first kappa shape index (κ1) is 33.1. The minimum Gasteiger partial charge on any atom is -0.507 e. The Labute approximate surface area is 255 Å². The molecule has 0 heterocycles. The van der Waals surface area contributed by atoms with Gasteiger partial charge in [-0.25, -0.2) is 10.5 Å². The molecular formula is C22H18CuN4O12S3. The van der Waals surface area contributed by atoms with Gasteiger partial charge in [0.1, 0.15) is 22.9 Å². The second kappa shape index (κ2) is 14.2. The summed E-state index contributed by atoms with van der Waals surface area (Å²) in [6.45, 7) is 0. The van der Waals surface area contributed by atoms with Crippen molar-refractivity contribution in [3.8, 4) is 17.2 Å². The van der Waals surface area contributed by atoms with Crippen LogP contribution < -0.4 is 11.1 Å². The van der Waals surface area contributed by atoms with E-state index in [1.165, 1.54) is 36.4 Å². The van der Waals surface area contributed by atoms with Crippen LogP contribution in [0.4, 0.5) is 28.4 Å². The molecule has 0 aliphatic heterocycles. The summed E-state index contributed by atoms with van der Waals surface area (Å²) in [6.07, 6.45) is 0. The van der Waals surface area contributed by atoms with Gasteiger partial charge in [-0.05, 0) is 53.9 Å². The molecule has 0 saturated heterocycles. The molecule has 0 atom stereocenters. The zero-order valence-corrected chi connectivity index (χ0v) is 23.7. The number of nitrogens with two attached hydrogens (primary N) is 1. The van der Waals surface area contributed by atoms with Crippen molar-refractivity contribution in [3.63, 3.8) is 0 Å². The number of anilines is 3. The number of phenolic OH excluding ortho intramolecular Hbond substituents is 3. The summed E-state index contributed by atoms with van der Waals surface area (Å²) in [5, 5.41) is 67.1. The molecule has 42 heavy (non-hydrogen) atoms. The van der Waals surface area contributed by atoms with Gasteiger partial charge in [0, 0.05) is 26.9 Å². The Hall–Kier alpha value is -3.37. The molecule has 0 saturated carbocycles. The molecule has 16 nitrogen and oxygen atoms in total. The van der Waals surface area contributed by atoms with E-state index in [1.54, 1.807) is 6.07 Å². The fraction of sp³-hybridized carbons (Fsp3) is 0. The fourth-order valence-electron chi connectivity index (χ4n) is 3.52. The summed E-state index contributed by atoms with van der Waals surface area (Å²) in [5.41, 5.74) is 5.05. The first-order valence-electron chi connectivity index (χ1n) is 10.7. The molecule has 0 fully saturated rings. The van der Waals surface area contributed by atoms with Crippen LogP contribution in [-0.2, 0) is 45.9 Å². The summed E-state index contributed by atoms with van der Waals surface area (Å²) in [6, 6.07) is 11.7. The van der Waals surface area contributed by atoms with Gasteiger partial charge in [0.15, 0.2) is 5.75 Å². The van der Waals surface area contributed by atoms with Gasteiger partial charge in [-0.3, -0.25) is 4.55 Å². The number of hydrogen-bond acceptors (Lipinski definition) is 17. The van der Waals surface area contributed by atoms with E-state index >= 15 is 0 Å². The average molecular weight is 690 g/mol. The normalized spacial score (nSPS) is 11.6. The van der Waals surface area contributed by atoms with Gasteiger partial charge in [0.25, 0.3) is 10.1 Å². The predicted octanol–water partition coefficient (Wildman–Crippen LogP) is 5.80. The number of benzene rings is 4. The molecule has 9 N–H and O–H groups in total. The van der Waals surface area contributed by atoms with Gasteiger partial charge < -0.3 is 26.4 Å². The van der Waals surface area contributed by atoms with E-state index in [1.807, 2.05) is 0 Å². The first-order chi connectivity index (χ1) is 19.5. The quantitative estimate of drug-likeness (QED) is 0.0135. The van der Waals surface area contributed by atoms with E-state index in [-0.39, 0.29) is 51.0 Å². The predicted molar refractivity (Wildman–Crippen MR) is 145 cm³/mol. The van der Waals surface area contributed by atoms with Crippen LogP contribution in [0.25, 0.3) is 10.8 Å². The molecule has 0 amide bonds. The third-order valence-corrected chi connectivity index (χ3v) is 7.21. The second-order valence-electron chi connectivity index (χ2n) is 7.81. The fourth-order valence-corrected chi connectivity index (χ4v) is 4.89. The molecule has 0 unspecified atom stereocenters. The molecular weight excluding hydrogens is 672 g/mol. The Kier molecular flexibility index (Phi) is 11.2. The van der Waals surface area contributed by atoms with Gasteiger partial charge >= 0.3 is 0 Å². The number of nitrogen functional groups attached to an aromatic ring is 1. The van der Waals surface area contributed by atoms with Crippen LogP contribution in [0.15, 0.2) is 79.5 Å². The van der Waals surface area contributed by atoms with E-state index in [2.05, 4.69) is 34.3 Å². The Morgan fingerprint density at radius 1 is 0.810 bits per heavy atom. The largest absolute Gasteiger partial charge is 0.507 e. The van der Waals surface area contributed by atoms with Crippen molar-refractivity contribution < 1.29 is 74.6 Å². The molecule has 1 radical (unpaired) electrons. The van der Waals surface area contributed by atoms with Crippen molar-refractivity contribution in [2.45, 2.75) is 14.7 Å². The first-order valence-corrected chi connectivity index (χ1v) is 13.6. The van der Waals surface area contributed by atoms with Gasteiger partial charge in [-0.2, -0.15) is 8.42 Å². The van der Waals surface area contributed by atoms with Gasteiger partial charge in [0.05, 0.1) is 51.4 Å². The number of fused-ring (bicyclic) bond motifs is 1. The Balaban J connectivity index is 0.00000484. The van der Waals surface area contributed by atoms with Crippen molar-refractivity contribution >= 4 is 73.4 Å². The van der Waals surface area contributed by atoms with Crippen LogP contribution in [-0.4, -0.2) is 38.8 Å². The zero-order valence-electron chi connectivity index (χ0n) is 20.3. The van der Waals surface area contributed by atoms with Gasteiger partial charge in [-0.1, -0.05) is 16.1 Å². The van der Waals surface area contributed by atoms with E-state index < -0.39 is 32.1 Å². The van der Waals surface area contributed by atoms with Crippen LogP contribution in [0.2, 0.25) is 0 Å². The molecule has 0 aromatic heterocycles. The van der Waals surface area contributed by atoms with Crippen molar-refractivity contribution in [2.75, 3.05) is 11.1 Å². The minimum atomic E-state index is -4.72. The number of azo groups is 1. The van der Waals surface area contributed by atoms with Crippen LogP contribution in [0.3, 0.4) is 0 Å². The summed E-state index contributed by atoms with van der Waals surface area (Å²) in [7, 11) is -4.72. The molecule has 227 valence electrons. The standard InChI is InChI=1S/C22H18N4O12S3.Cu/c23-14-8-13(41(32,33)34)9-17(22(14)29)25-26-21-15(24-16-6-11(39-37-35-30)2-4-18(16)27)3-1-10-5-12(40-38-36-31)7-19(28)20(10)21;/h1-9,24,27-31H,23H2,(H,32,33,34);. The van der Waals surface area contributed by atoms with Crippen LogP contribution in [0.1, 0.15) is 0 Å². The van der Waals surface area contributed by atoms with Crippen molar-refractivity contribution in [1.82, 2.24) is 0 Å². The molecule has 0 aliphatic carbocycles. The molecule has 0 aliphatic rings. The SMILES string of the molecule is Nc1cc(S(=O)(=O)O)cc(N=Nc2c(Nc3cc(SOOO)ccc3O)ccc3cc(SOOO)cc(O)c23)c1O.[Cu]. The monoisotopic (exact) mass is 689 g/mol. The maximum Gasteiger partial charge on any atom is 0.294 e. The maximum absolute atomic E-state index is 11.6. The van der Waals surface area contributed by atoms with Crippen molar-refractivity contribution in [2.24, 2.45) is 10.2 Å². The Bertz CT molecular complexity index is 1740. The van der Waals surface area contributed by atoms with Gasteiger partial charge in [-0.15, -0.1) is 18.9 Å². The van der Waals surface area contributed by atoms with Crippen LogP contribution in [0.5, 0.6) is 17.2 Å². The third kappa shape index (κ3) is 7.72. The summed E-state index contributed by atoms with van der Waals surface area (Å²) < 4.78 is 41.5. The third-order valence-electron chi connectivity index (χ3n) is 5.25. The smallest absolute Gasteiger partial charge is 0.294 e. The number of hydrogen-bond donors (Lipinski definition) is 8. The van der Waals surface area contributed by atoms with E-state index in [0.29, 0.717) is 39.3 Å². The average Bonchev–Trinajstić information content (AvgIpc) is 2.92. The molecule has 4 rings (SSSR count). The van der Waals surface area contributed by atoms with Crippen LogP contribution >= 0.6 is 24.1 Å². The number of nitrogens with zero attached hydrogens (tertiary/aromatic N) is 2. The summed E-state index contributed by atoms with van der Waals surface area (Å²) in [5.74, 6) is -1.19. The van der Waals surface area contributed by atoms with E-state index in [9.17, 15) is 28.3 Å². The van der Waals surface area contributed by atoms with Crippen molar-refractivity contribution in [3.05, 3.63) is 54.6 Å². The van der Waals surface area contributed by atoms with E-state index in [0.717, 1.165) is 12.1 Å². The molecule has 20 heteroatoms. The van der Waals surface area contributed by atoms with Crippen LogP contribution in [0, 0.1) is 0 Å². The van der Waals surface area contributed by atoms with Crippen molar-refractivity contribution in [1.29, 1.82) is 0 Å². The number of rotatable bonds is 11.